The monoisotopic (exact) mass is 316 g/mol. The number of nitrogens with zero attached hydrogens (tertiary/aromatic N) is 1. The van der Waals surface area contributed by atoms with E-state index in [2.05, 4.69) is 28.2 Å². The molecule has 2 rings (SSSR count). The normalized spacial score (nSPS) is 20.2. The van der Waals surface area contributed by atoms with Gasteiger partial charge in [0.15, 0.2) is 0 Å². The second-order valence-electron chi connectivity index (χ2n) is 4.20. The van der Waals surface area contributed by atoms with Gasteiger partial charge in [-0.1, -0.05) is 0 Å². The fourth-order valence-electron chi connectivity index (χ4n) is 2.24. The molecule has 1 amide bonds. The second-order valence-corrected chi connectivity index (χ2v) is 6.66. The summed E-state index contributed by atoms with van der Waals surface area (Å²) in [4.78, 5) is 15.2. The number of halogens is 1. The topological polar surface area (TPSA) is 32.3 Å². The first-order valence-electron chi connectivity index (χ1n) is 5.99. The van der Waals surface area contributed by atoms with Crippen molar-refractivity contribution in [2.24, 2.45) is 0 Å². The fraction of sp³-hybridized carbons (Fsp3) is 0.583. The minimum absolute atomic E-state index is 0.164. The molecule has 1 N–H and O–H groups in total. The molecule has 0 radical (unpaired) electrons. The van der Waals surface area contributed by atoms with Gasteiger partial charge in [0, 0.05) is 19.1 Å². The molecule has 0 spiro atoms. The van der Waals surface area contributed by atoms with Crippen LogP contribution in [0.1, 0.15) is 29.4 Å². The highest BCUT2D eigenvalue weighted by molar-refractivity contribution is 9.11. The molecule has 1 aliphatic heterocycles. The van der Waals surface area contributed by atoms with Crippen LogP contribution in [0.2, 0.25) is 0 Å². The maximum Gasteiger partial charge on any atom is 0.264 e. The van der Waals surface area contributed by atoms with E-state index in [1.165, 1.54) is 11.3 Å². The summed E-state index contributed by atoms with van der Waals surface area (Å²) in [6.45, 7) is 4.83. The van der Waals surface area contributed by atoms with Gasteiger partial charge in [-0.2, -0.15) is 0 Å². The molecule has 3 nitrogen and oxygen atoms in total. The molecule has 1 aromatic heterocycles. The maximum atomic E-state index is 12.4. The van der Waals surface area contributed by atoms with Gasteiger partial charge in [0.25, 0.3) is 5.91 Å². The Morgan fingerprint density at radius 2 is 2.47 bits per heavy atom. The molecule has 94 valence electrons. The van der Waals surface area contributed by atoms with Crippen LogP contribution in [0.4, 0.5) is 0 Å². The van der Waals surface area contributed by atoms with Crippen molar-refractivity contribution < 1.29 is 4.79 Å². The number of carbonyl (C=O) groups excluding carboxylic acids is 1. The van der Waals surface area contributed by atoms with Gasteiger partial charge in [-0.05, 0) is 54.4 Å². The number of hydrogen-bond acceptors (Lipinski definition) is 3. The summed E-state index contributed by atoms with van der Waals surface area (Å²) in [6.07, 6.45) is 2.27. The Bertz CT molecular complexity index is 388. The molecule has 1 saturated heterocycles. The molecule has 17 heavy (non-hydrogen) atoms. The van der Waals surface area contributed by atoms with Crippen LogP contribution in [0.3, 0.4) is 0 Å². The van der Waals surface area contributed by atoms with Gasteiger partial charge in [0.05, 0.1) is 8.66 Å². The molecule has 0 aromatic carbocycles. The average molecular weight is 317 g/mol. The Hall–Kier alpha value is -0.390. The van der Waals surface area contributed by atoms with Crippen LogP contribution in [-0.4, -0.2) is 36.5 Å². The summed E-state index contributed by atoms with van der Waals surface area (Å²) < 4.78 is 1.01. The Labute approximate surface area is 114 Å². The van der Waals surface area contributed by atoms with Crippen molar-refractivity contribution >= 4 is 33.2 Å². The SMILES string of the molecule is CCN(C(=O)c1ccc(Br)s1)C1CCCNC1. The molecule has 1 aliphatic rings. The largest absolute Gasteiger partial charge is 0.334 e. The molecular weight excluding hydrogens is 300 g/mol. The summed E-state index contributed by atoms with van der Waals surface area (Å²) in [5.74, 6) is 0.164. The van der Waals surface area contributed by atoms with E-state index in [4.69, 9.17) is 0 Å². The molecule has 1 fully saturated rings. The summed E-state index contributed by atoms with van der Waals surface area (Å²) in [5.41, 5.74) is 0. The summed E-state index contributed by atoms with van der Waals surface area (Å²) in [6, 6.07) is 4.18. The highest BCUT2D eigenvalue weighted by Crippen LogP contribution is 2.24. The zero-order valence-corrected chi connectivity index (χ0v) is 12.3. The van der Waals surface area contributed by atoms with Crippen LogP contribution in [0.5, 0.6) is 0 Å². The standard InChI is InChI=1S/C12H17BrN2OS/c1-2-15(9-4-3-7-14-8-9)12(16)10-5-6-11(13)17-10/h5-6,9,14H,2-4,7-8H2,1H3. The molecule has 1 atom stereocenters. The van der Waals surface area contributed by atoms with Gasteiger partial charge in [-0.25, -0.2) is 0 Å². The first-order valence-corrected chi connectivity index (χ1v) is 7.60. The van der Waals surface area contributed by atoms with Crippen molar-refractivity contribution in [3.8, 4) is 0 Å². The van der Waals surface area contributed by atoms with Crippen LogP contribution < -0.4 is 5.32 Å². The van der Waals surface area contributed by atoms with Crippen LogP contribution in [-0.2, 0) is 0 Å². The van der Waals surface area contributed by atoms with E-state index in [1.54, 1.807) is 0 Å². The molecular formula is C12H17BrN2OS. The zero-order chi connectivity index (χ0) is 12.3. The Morgan fingerprint density at radius 3 is 3.00 bits per heavy atom. The van der Waals surface area contributed by atoms with Gasteiger partial charge >= 0.3 is 0 Å². The van der Waals surface area contributed by atoms with Crippen molar-refractivity contribution in [3.63, 3.8) is 0 Å². The summed E-state index contributed by atoms with van der Waals surface area (Å²) >= 11 is 4.91. The number of carbonyl (C=O) groups is 1. The minimum atomic E-state index is 0.164. The first-order chi connectivity index (χ1) is 8.22. The predicted molar refractivity (Wildman–Crippen MR) is 74.6 cm³/mol. The van der Waals surface area contributed by atoms with E-state index in [-0.39, 0.29) is 5.91 Å². The van der Waals surface area contributed by atoms with Crippen LogP contribution >= 0.6 is 27.3 Å². The smallest absolute Gasteiger partial charge is 0.264 e. The van der Waals surface area contributed by atoms with Gasteiger partial charge < -0.3 is 10.2 Å². The lowest BCUT2D eigenvalue weighted by atomic mass is 10.1. The molecule has 0 saturated carbocycles. The van der Waals surface area contributed by atoms with Crippen molar-refractivity contribution in [2.75, 3.05) is 19.6 Å². The maximum absolute atomic E-state index is 12.4. The molecule has 1 unspecified atom stereocenters. The Kier molecular flexibility index (Phi) is 4.59. The van der Waals surface area contributed by atoms with E-state index in [9.17, 15) is 4.79 Å². The van der Waals surface area contributed by atoms with Crippen molar-refractivity contribution in [1.82, 2.24) is 10.2 Å². The van der Waals surface area contributed by atoms with Crippen LogP contribution in [0.25, 0.3) is 0 Å². The number of likely N-dealkylation sites (N-methyl/N-ethyl adjacent to an activating group) is 1. The zero-order valence-electron chi connectivity index (χ0n) is 9.91. The number of thiophene rings is 1. The number of piperidine rings is 1. The van der Waals surface area contributed by atoms with Crippen LogP contribution in [0.15, 0.2) is 15.9 Å². The third-order valence-electron chi connectivity index (χ3n) is 3.10. The number of hydrogen-bond donors (Lipinski definition) is 1. The van der Waals surface area contributed by atoms with E-state index in [0.717, 1.165) is 41.1 Å². The van der Waals surface area contributed by atoms with Gasteiger partial charge in [0.2, 0.25) is 0 Å². The van der Waals surface area contributed by atoms with Gasteiger partial charge in [-0.3, -0.25) is 4.79 Å². The third kappa shape index (κ3) is 3.09. The second kappa shape index (κ2) is 5.98. The lowest BCUT2D eigenvalue weighted by Gasteiger charge is -2.33. The Morgan fingerprint density at radius 1 is 1.65 bits per heavy atom. The lowest BCUT2D eigenvalue weighted by molar-refractivity contribution is 0.0667. The predicted octanol–water partition coefficient (Wildman–Crippen LogP) is 2.72. The average Bonchev–Trinajstić information content (AvgIpc) is 2.78. The third-order valence-corrected chi connectivity index (χ3v) is 4.71. The summed E-state index contributed by atoms with van der Waals surface area (Å²) in [7, 11) is 0. The van der Waals surface area contributed by atoms with E-state index < -0.39 is 0 Å². The Balaban J connectivity index is 2.09. The molecule has 5 heteroatoms. The van der Waals surface area contributed by atoms with E-state index in [0.29, 0.717) is 6.04 Å². The molecule has 1 aromatic rings. The highest BCUT2D eigenvalue weighted by atomic mass is 79.9. The van der Waals surface area contributed by atoms with Crippen molar-refractivity contribution in [2.45, 2.75) is 25.8 Å². The fourth-order valence-corrected chi connectivity index (χ4v) is 3.58. The highest BCUT2D eigenvalue weighted by Gasteiger charge is 2.25. The number of rotatable bonds is 3. The molecule has 2 heterocycles. The lowest BCUT2D eigenvalue weighted by Crippen LogP contribution is -2.48. The number of amides is 1. The van der Waals surface area contributed by atoms with Crippen molar-refractivity contribution in [3.05, 3.63) is 20.8 Å². The first kappa shape index (κ1) is 13.1. The van der Waals surface area contributed by atoms with E-state index >= 15 is 0 Å². The molecule has 0 bridgehead atoms. The van der Waals surface area contributed by atoms with Crippen LogP contribution in [0, 0.1) is 0 Å². The van der Waals surface area contributed by atoms with E-state index in [1.807, 2.05) is 17.0 Å². The quantitative estimate of drug-likeness (QED) is 0.930. The van der Waals surface area contributed by atoms with Gasteiger partial charge in [-0.15, -0.1) is 11.3 Å². The van der Waals surface area contributed by atoms with Crippen molar-refractivity contribution in [1.29, 1.82) is 0 Å². The number of nitrogens with one attached hydrogen (secondary N) is 1. The van der Waals surface area contributed by atoms with Gasteiger partial charge in [0.1, 0.15) is 0 Å². The minimum Gasteiger partial charge on any atom is -0.334 e. The summed E-state index contributed by atoms with van der Waals surface area (Å²) in [5, 5.41) is 3.36. The molecule has 0 aliphatic carbocycles.